The minimum absolute atomic E-state index is 0.137. The largest absolute Gasteiger partial charge is 0.454 e. The van der Waals surface area contributed by atoms with Crippen molar-refractivity contribution < 1.29 is 17.9 Å². The first kappa shape index (κ1) is 14.9. The summed E-state index contributed by atoms with van der Waals surface area (Å²) in [6.45, 7) is 1.17. The highest BCUT2D eigenvalue weighted by Crippen LogP contribution is 2.36. The lowest BCUT2D eigenvalue weighted by Crippen LogP contribution is -2.37. The molecule has 0 aliphatic carbocycles. The molecule has 0 bridgehead atoms. The fourth-order valence-corrected chi connectivity index (χ4v) is 5.26. The van der Waals surface area contributed by atoms with Crippen molar-refractivity contribution in [3.63, 3.8) is 0 Å². The lowest BCUT2D eigenvalue weighted by molar-refractivity contribution is 0.174. The van der Waals surface area contributed by atoms with Crippen molar-refractivity contribution in [1.29, 1.82) is 0 Å². The Morgan fingerprint density at radius 2 is 1.96 bits per heavy atom. The normalized spacial score (nSPS) is 19.1. The average molecular weight is 352 g/mol. The predicted molar refractivity (Wildman–Crippen MR) is 85.4 cm³/mol. The minimum Gasteiger partial charge on any atom is -0.454 e. The molecule has 1 saturated heterocycles. The van der Waals surface area contributed by atoms with Crippen molar-refractivity contribution in [2.75, 3.05) is 19.9 Å². The summed E-state index contributed by atoms with van der Waals surface area (Å²) in [7, 11) is -3.50. The Morgan fingerprint density at radius 3 is 2.70 bits per heavy atom. The van der Waals surface area contributed by atoms with E-state index in [1.807, 2.05) is 5.38 Å². The van der Waals surface area contributed by atoms with Crippen molar-refractivity contribution in [3.8, 4) is 11.5 Å². The van der Waals surface area contributed by atoms with Gasteiger partial charge >= 0.3 is 0 Å². The molecule has 6 nitrogen and oxygen atoms in total. The number of piperidine rings is 1. The van der Waals surface area contributed by atoms with Gasteiger partial charge in [-0.3, -0.25) is 0 Å². The first-order valence-electron chi connectivity index (χ1n) is 7.44. The number of fused-ring (bicyclic) bond motifs is 1. The van der Waals surface area contributed by atoms with E-state index in [-0.39, 0.29) is 11.7 Å². The van der Waals surface area contributed by atoms with Crippen LogP contribution in [-0.2, 0) is 10.0 Å². The van der Waals surface area contributed by atoms with Crippen LogP contribution in [0.4, 0.5) is 0 Å². The van der Waals surface area contributed by atoms with Crippen LogP contribution in [0.15, 0.2) is 34.7 Å². The Morgan fingerprint density at radius 1 is 1.17 bits per heavy atom. The van der Waals surface area contributed by atoms with E-state index in [1.165, 1.54) is 0 Å². The van der Waals surface area contributed by atoms with Crippen LogP contribution >= 0.6 is 11.3 Å². The number of hydrogen-bond donors (Lipinski definition) is 0. The quantitative estimate of drug-likeness (QED) is 0.849. The predicted octanol–water partition coefficient (Wildman–Crippen LogP) is 2.44. The van der Waals surface area contributed by atoms with Crippen molar-refractivity contribution in [2.45, 2.75) is 23.7 Å². The van der Waals surface area contributed by atoms with Gasteiger partial charge in [0.05, 0.1) is 9.90 Å². The van der Waals surface area contributed by atoms with Crippen molar-refractivity contribution in [1.82, 2.24) is 9.29 Å². The van der Waals surface area contributed by atoms with Crippen LogP contribution in [0.25, 0.3) is 0 Å². The molecular weight excluding hydrogens is 336 g/mol. The summed E-state index contributed by atoms with van der Waals surface area (Å²) >= 11 is 1.64. The van der Waals surface area contributed by atoms with Crippen molar-refractivity contribution >= 4 is 21.4 Å². The van der Waals surface area contributed by atoms with Crippen LogP contribution in [-0.4, -0.2) is 37.6 Å². The SMILES string of the molecule is O=S(=O)(c1ccc2c(c1)OCO2)N1CCC(c2nccs2)CC1. The molecule has 0 unspecified atom stereocenters. The molecule has 4 rings (SSSR count). The molecule has 1 aromatic carbocycles. The molecule has 2 aliphatic heterocycles. The molecule has 23 heavy (non-hydrogen) atoms. The zero-order valence-corrected chi connectivity index (χ0v) is 14.0. The van der Waals surface area contributed by atoms with Crippen LogP contribution in [0.5, 0.6) is 11.5 Å². The van der Waals surface area contributed by atoms with Gasteiger partial charge in [-0.25, -0.2) is 13.4 Å². The second-order valence-corrected chi connectivity index (χ2v) is 8.43. The first-order chi connectivity index (χ1) is 11.1. The molecule has 122 valence electrons. The van der Waals surface area contributed by atoms with Crippen LogP contribution in [0.1, 0.15) is 23.8 Å². The number of sulfonamides is 1. The maximum Gasteiger partial charge on any atom is 0.243 e. The van der Waals surface area contributed by atoms with Gasteiger partial charge in [-0.1, -0.05) is 0 Å². The summed E-state index contributed by atoms with van der Waals surface area (Å²) in [5.74, 6) is 1.44. The summed E-state index contributed by atoms with van der Waals surface area (Å²) in [6.07, 6.45) is 3.41. The molecule has 2 aliphatic rings. The second kappa shape index (κ2) is 5.77. The molecular formula is C15H16N2O4S2. The highest BCUT2D eigenvalue weighted by atomic mass is 32.2. The minimum atomic E-state index is -3.50. The number of thiazole rings is 1. The molecule has 0 radical (unpaired) electrons. The van der Waals surface area contributed by atoms with Crippen LogP contribution < -0.4 is 9.47 Å². The maximum absolute atomic E-state index is 12.8. The van der Waals surface area contributed by atoms with Crippen LogP contribution in [0, 0.1) is 0 Å². The fourth-order valence-electron chi connectivity index (χ4n) is 2.97. The smallest absolute Gasteiger partial charge is 0.243 e. The fraction of sp³-hybridized carbons (Fsp3) is 0.400. The van der Waals surface area contributed by atoms with E-state index in [2.05, 4.69) is 4.98 Å². The summed E-state index contributed by atoms with van der Waals surface area (Å²) in [4.78, 5) is 4.60. The Labute approximate surface area is 138 Å². The van der Waals surface area contributed by atoms with Crippen LogP contribution in [0.3, 0.4) is 0 Å². The van der Waals surface area contributed by atoms with E-state index >= 15 is 0 Å². The third kappa shape index (κ3) is 2.71. The number of aromatic nitrogens is 1. The van der Waals surface area contributed by atoms with Gasteiger partial charge in [-0.2, -0.15) is 4.31 Å². The molecule has 3 heterocycles. The third-order valence-corrected chi connectivity index (χ3v) is 7.07. The molecule has 2 aromatic rings. The summed E-state index contributed by atoms with van der Waals surface area (Å²) in [5, 5.41) is 3.07. The molecule has 8 heteroatoms. The monoisotopic (exact) mass is 352 g/mol. The van der Waals surface area contributed by atoms with Gasteiger partial charge < -0.3 is 9.47 Å². The van der Waals surface area contributed by atoms with Gasteiger partial charge in [0.2, 0.25) is 16.8 Å². The maximum atomic E-state index is 12.8. The molecule has 0 saturated carbocycles. The summed E-state index contributed by atoms with van der Waals surface area (Å²) < 4.78 is 37.6. The van der Waals surface area contributed by atoms with Gasteiger partial charge in [-0.15, -0.1) is 11.3 Å². The van der Waals surface area contributed by atoms with E-state index in [9.17, 15) is 8.42 Å². The van der Waals surface area contributed by atoms with E-state index in [0.717, 1.165) is 17.8 Å². The Hall–Kier alpha value is -1.64. The topological polar surface area (TPSA) is 68.7 Å². The third-order valence-electron chi connectivity index (χ3n) is 4.24. The lowest BCUT2D eigenvalue weighted by atomic mass is 9.99. The number of rotatable bonds is 3. The highest BCUT2D eigenvalue weighted by Gasteiger charge is 2.31. The Balaban J connectivity index is 1.51. The highest BCUT2D eigenvalue weighted by molar-refractivity contribution is 7.89. The molecule has 0 spiro atoms. The molecule has 0 amide bonds. The molecule has 0 atom stereocenters. The second-order valence-electron chi connectivity index (χ2n) is 5.56. The zero-order chi connectivity index (χ0) is 15.9. The number of hydrogen-bond acceptors (Lipinski definition) is 6. The molecule has 1 aromatic heterocycles. The van der Waals surface area contributed by atoms with E-state index in [1.54, 1.807) is 40.0 Å². The van der Waals surface area contributed by atoms with Crippen molar-refractivity contribution in [2.24, 2.45) is 0 Å². The van der Waals surface area contributed by atoms with Gasteiger partial charge in [0.25, 0.3) is 0 Å². The van der Waals surface area contributed by atoms with Gasteiger partial charge in [0, 0.05) is 36.7 Å². The van der Waals surface area contributed by atoms with E-state index in [0.29, 0.717) is 30.5 Å². The number of ether oxygens (including phenoxy) is 2. The van der Waals surface area contributed by atoms with Gasteiger partial charge in [-0.05, 0) is 25.0 Å². The standard InChI is InChI=1S/C15H16N2O4S2/c18-23(19,12-1-2-13-14(9-12)21-10-20-13)17-6-3-11(4-7-17)15-16-5-8-22-15/h1-2,5,8-9,11H,3-4,6-7,10H2. The van der Waals surface area contributed by atoms with E-state index < -0.39 is 10.0 Å². The Bertz CT molecular complexity index is 797. The molecule has 1 fully saturated rings. The van der Waals surface area contributed by atoms with Crippen LogP contribution in [0.2, 0.25) is 0 Å². The average Bonchev–Trinajstić information content (AvgIpc) is 3.25. The van der Waals surface area contributed by atoms with Crippen molar-refractivity contribution in [3.05, 3.63) is 34.8 Å². The molecule has 0 N–H and O–H groups in total. The summed E-state index contributed by atoms with van der Waals surface area (Å²) in [6, 6.07) is 4.78. The lowest BCUT2D eigenvalue weighted by Gasteiger charge is -2.30. The summed E-state index contributed by atoms with van der Waals surface area (Å²) in [5.41, 5.74) is 0. The van der Waals surface area contributed by atoms with Gasteiger partial charge in [0.1, 0.15) is 0 Å². The van der Waals surface area contributed by atoms with Gasteiger partial charge in [0.15, 0.2) is 11.5 Å². The number of nitrogens with zero attached hydrogens (tertiary/aromatic N) is 2. The number of benzene rings is 1. The zero-order valence-electron chi connectivity index (χ0n) is 12.3. The van der Waals surface area contributed by atoms with E-state index in [4.69, 9.17) is 9.47 Å². The first-order valence-corrected chi connectivity index (χ1v) is 9.76. The Kier molecular flexibility index (Phi) is 3.74.